The van der Waals surface area contributed by atoms with Gasteiger partial charge in [0, 0.05) is 44.3 Å². The Bertz CT molecular complexity index is 2290. The third kappa shape index (κ3) is 3.70. The fourth-order valence-electron chi connectivity index (χ4n) is 6.72. The van der Waals surface area contributed by atoms with E-state index in [-0.39, 0.29) is 6.17 Å². The van der Waals surface area contributed by atoms with E-state index in [1.54, 1.807) is 11.9 Å². The first kappa shape index (κ1) is 24.4. The standard InChI is InChI=1S/C39H26N2OS/c1-24-26-11-7-9-20-35(26)43-41-23-25(21-22-36(41)40-24)37-28-13-2-4-15-30(28)38(31-16-5-3-14-29(31)37)33-18-10-17-32-27-12-6-8-19-34(27)42-39(32)33/h2-23,36,40H,1H2. The number of fused-ring (bicyclic) bond motifs is 7. The number of rotatable bonds is 2. The Morgan fingerprint density at radius 3 is 2.00 bits per heavy atom. The topological polar surface area (TPSA) is 28.4 Å². The number of para-hydroxylation sites is 2. The zero-order valence-electron chi connectivity index (χ0n) is 23.2. The summed E-state index contributed by atoms with van der Waals surface area (Å²) in [6, 6.07) is 40.9. The minimum atomic E-state index is 0.0103. The maximum absolute atomic E-state index is 6.54. The molecule has 0 saturated carbocycles. The maximum atomic E-state index is 6.54. The molecule has 0 fully saturated rings. The van der Waals surface area contributed by atoms with E-state index in [0.717, 1.165) is 38.8 Å². The van der Waals surface area contributed by atoms with Gasteiger partial charge in [-0.05, 0) is 62.8 Å². The zero-order chi connectivity index (χ0) is 28.5. The normalized spacial score (nSPS) is 16.3. The van der Waals surface area contributed by atoms with E-state index >= 15 is 0 Å². The van der Waals surface area contributed by atoms with Crippen LogP contribution >= 0.6 is 11.9 Å². The highest BCUT2D eigenvalue weighted by molar-refractivity contribution is 7.97. The van der Waals surface area contributed by atoms with Gasteiger partial charge in [0.2, 0.25) is 0 Å². The first-order valence-corrected chi connectivity index (χ1v) is 15.3. The van der Waals surface area contributed by atoms with Crippen molar-refractivity contribution in [2.75, 3.05) is 0 Å². The Morgan fingerprint density at radius 2 is 1.23 bits per heavy atom. The molecule has 1 atom stereocenters. The number of benzene rings is 6. The monoisotopic (exact) mass is 570 g/mol. The summed E-state index contributed by atoms with van der Waals surface area (Å²) in [6.07, 6.45) is 6.79. The number of furan rings is 1. The van der Waals surface area contributed by atoms with Crippen LogP contribution in [0.1, 0.15) is 11.1 Å². The van der Waals surface area contributed by atoms with Crippen molar-refractivity contribution in [3.05, 3.63) is 151 Å². The lowest BCUT2D eigenvalue weighted by atomic mass is 9.85. The summed E-state index contributed by atoms with van der Waals surface area (Å²) in [5.41, 5.74) is 8.65. The van der Waals surface area contributed by atoms with Gasteiger partial charge < -0.3 is 9.73 Å². The number of hydrogen-bond donors (Lipinski definition) is 1. The quantitative estimate of drug-likeness (QED) is 0.165. The minimum absolute atomic E-state index is 0.0103. The predicted octanol–water partition coefficient (Wildman–Crippen LogP) is 10.4. The minimum Gasteiger partial charge on any atom is -0.455 e. The molecule has 0 spiro atoms. The van der Waals surface area contributed by atoms with Gasteiger partial charge in [0.1, 0.15) is 17.3 Å². The van der Waals surface area contributed by atoms with E-state index in [2.05, 4.69) is 144 Å². The molecule has 204 valence electrons. The lowest BCUT2D eigenvalue weighted by Crippen LogP contribution is -2.36. The number of nitrogens with one attached hydrogen (secondary N) is 1. The Balaban J connectivity index is 1.30. The van der Waals surface area contributed by atoms with Gasteiger partial charge in [-0.2, -0.15) is 0 Å². The fourth-order valence-corrected chi connectivity index (χ4v) is 7.78. The highest BCUT2D eigenvalue weighted by Gasteiger charge is 2.27. The van der Waals surface area contributed by atoms with Crippen LogP contribution in [0.2, 0.25) is 0 Å². The number of hydrogen-bond acceptors (Lipinski definition) is 4. The Kier molecular flexibility index (Phi) is 5.34. The SMILES string of the molecule is C=C1NC2C=CC(c3c4ccccc4c(-c4cccc5c4oc4ccccc45)c4ccccc34)=CN2Sc2ccccc21. The van der Waals surface area contributed by atoms with Gasteiger partial charge in [-0.15, -0.1) is 0 Å². The first-order chi connectivity index (χ1) is 21.2. The van der Waals surface area contributed by atoms with Crippen molar-refractivity contribution in [1.29, 1.82) is 0 Å². The van der Waals surface area contributed by atoms with Crippen LogP contribution < -0.4 is 5.32 Å². The van der Waals surface area contributed by atoms with Crippen LogP contribution in [-0.4, -0.2) is 10.5 Å². The van der Waals surface area contributed by atoms with Gasteiger partial charge >= 0.3 is 0 Å². The average molecular weight is 571 g/mol. The van der Waals surface area contributed by atoms with Crippen LogP contribution in [-0.2, 0) is 0 Å². The summed E-state index contributed by atoms with van der Waals surface area (Å²) in [5, 5.41) is 10.8. The van der Waals surface area contributed by atoms with Gasteiger partial charge in [0.05, 0.1) is 0 Å². The van der Waals surface area contributed by atoms with Gasteiger partial charge in [-0.3, -0.25) is 4.31 Å². The molecule has 0 amide bonds. The van der Waals surface area contributed by atoms with Gasteiger partial charge in [-0.25, -0.2) is 0 Å². The molecule has 4 heteroatoms. The van der Waals surface area contributed by atoms with Crippen LogP contribution in [0.15, 0.2) is 150 Å². The molecule has 1 N–H and O–H groups in total. The van der Waals surface area contributed by atoms with Crippen molar-refractivity contribution >= 4 is 66.7 Å². The first-order valence-electron chi connectivity index (χ1n) is 14.5. The lowest BCUT2D eigenvalue weighted by Gasteiger charge is -2.30. The Labute approximate surface area is 253 Å². The molecule has 0 aliphatic carbocycles. The van der Waals surface area contributed by atoms with E-state index in [1.807, 2.05) is 6.07 Å². The van der Waals surface area contributed by atoms with Crippen LogP contribution in [0.4, 0.5) is 0 Å². The van der Waals surface area contributed by atoms with E-state index in [4.69, 9.17) is 4.42 Å². The van der Waals surface area contributed by atoms with Crippen molar-refractivity contribution in [2.45, 2.75) is 11.1 Å². The highest BCUT2D eigenvalue weighted by atomic mass is 32.2. The summed E-state index contributed by atoms with van der Waals surface area (Å²) in [4.78, 5) is 1.19. The molecule has 0 radical (unpaired) electrons. The lowest BCUT2D eigenvalue weighted by molar-refractivity contribution is 0.484. The molecular weight excluding hydrogens is 545 g/mol. The summed E-state index contributed by atoms with van der Waals surface area (Å²) < 4.78 is 8.85. The molecule has 43 heavy (non-hydrogen) atoms. The third-order valence-corrected chi connectivity index (χ3v) is 9.73. The van der Waals surface area contributed by atoms with E-state index in [0.29, 0.717) is 0 Å². The largest absolute Gasteiger partial charge is 0.455 e. The molecule has 3 heterocycles. The van der Waals surface area contributed by atoms with Gasteiger partial charge in [0.15, 0.2) is 0 Å². The predicted molar refractivity (Wildman–Crippen MR) is 181 cm³/mol. The Hall–Kier alpha value is -5.19. The van der Waals surface area contributed by atoms with Crippen molar-refractivity contribution < 1.29 is 4.42 Å². The van der Waals surface area contributed by atoms with Gasteiger partial charge in [0.25, 0.3) is 0 Å². The molecule has 1 aromatic heterocycles. The average Bonchev–Trinajstić information content (AvgIpc) is 3.37. The smallest absolute Gasteiger partial charge is 0.143 e. The van der Waals surface area contributed by atoms with Crippen molar-refractivity contribution in [1.82, 2.24) is 9.62 Å². The summed E-state index contributed by atoms with van der Waals surface area (Å²) in [5.74, 6) is 0. The summed E-state index contributed by atoms with van der Waals surface area (Å²) in [7, 11) is 0. The Morgan fingerprint density at radius 1 is 0.628 bits per heavy atom. The van der Waals surface area contributed by atoms with E-state index in [9.17, 15) is 0 Å². The maximum Gasteiger partial charge on any atom is 0.143 e. The molecule has 0 saturated heterocycles. The molecule has 3 nitrogen and oxygen atoms in total. The van der Waals surface area contributed by atoms with Crippen LogP contribution in [0.3, 0.4) is 0 Å². The van der Waals surface area contributed by atoms with Crippen molar-refractivity contribution in [2.24, 2.45) is 0 Å². The number of allylic oxidation sites excluding steroid dienone is 2. The van der Waals surface area contributed by atoms with Crippen LogP contribution in [0.5, 0.6) is 0 Å². The second kappa shape index (κ2) is 9.41. The van der Waals surface area contributed by atoms with E-state index < -0.39 is 0 Å². The van der Waals surface area contributed by atoms with E-state index in [1.165, 1.54) is 43.1 Å². The molecule has 7 aromatic rings. The molecular formula is C39H26N2OS. The molecule has 2 aliphatic rings. The highest BCUT2D eigenvalue weighted by Crippen LogP contribution is 2.46. The second-order valence-electron chi connectivity index (χ2n) is 11.1. The van der Waals surface area contributed by atoms with Crippen LogP contribution in [0.25, 0.3) is 65.9 Å². The molecule has 1 unspecified atom stereocenters. The fraction of sp³-hybridized carbons (Fsp3) is 0.0256. The summed E-state index contributed by atoms with van der Waals surface area (Å²) in [6.45, 7) is 4.33. The van der Waals surface area contributed by atoms with Crippen molar-refractivity contribution in [3.63, 3.8) is 0 Å². The molecule has 2 aliphatic heterocycles. The second-order valence-corrected chi connectivity index (χ2v) is 12.1. The molecule has 9 rings (SSSR count). The molecule has 0 bridgehead atoms. The van der Waals surface area contributed by atoms with Crippen molar-refractivity contribution in [3.8, 4) is 11.1 Å². The molecule has 6 aromatic carbocycles. The third-order valence-electron chi connectivity index (χ3n) is 8.63. The number of nitrogens with zero attached hydrogens (tertiary/aromatic N) is 1. The summed E-state index contributed by atoms with van der Waals surface area (Å²) >= 11 is 1.75. The zero-order valence-corrected chi connectivity index (χ0v) is 24.1. The van der Waals surface area contributed by atoms with Gasteiger partial charge in [-0.1, -0.05) is 116 Å². The van der Waals surface area contributed by atoms with Crippen LogP contribution in [0, 0.1) is 0 Å².